The van der Waals surface area contributed by atoms with Crippen LogP contribution in [0.2, 0.25) is 0 Å². The van der Waals surface area contributed by atoms with Gasteiger partial charge in [-0.3, -0.25) is 9.78 Å². The van der Waals surface area contributed by atoms with Crippen molar-refractivity contribution in [1.29, 1.82) is 0 Å². The molecule has 1 amide bonds. The Labute approximate surface area is 93.5 Å². The normalized spacial score (nSPS) is 10.3. The molecule has 0 radical (unpaired) electrons. The third kappa shape index (κ3) is 2.17. The van der Waals surface area contributed by atoms with Crippen LogP contribution in [0.25, 0.3) is 10.9 Å². The first kappa shape index (κ1) is 10.6. The summed E-state index contributed by atoms with van der Waals surface area (Å²) in [6.45, 7) is 0.356. The molecule has 1 aromatic carbocycles. The molecule has 0 fully saturated rings. The minimum absolute atomic E-state index is 0.0705. The minimum atomic E-state index is -0.0705. The number of fused-ring (bicyclic) bond motifs is 1. The second-order valence-electron chi connectivity index (χ2n) is 3.46. The number of carbonyl (C=O) groups excluding carboxylic acids is 1. The number of nitrogens with two attached hydrogens (primary N) is 1. The molecule has 82 valence electrons. The number of nitrogens with one attached hydrogen (secondary N) is 1. The summed E-state index contributed by atoms with van der Waals surface area (Å²) in [5.74, 6) is -0.0705. The molecule has 1 aromatic heterocycles. The number of carbonyl (C=O) groups is 1. The molecular formula is C12H13N3O. The van der Waals surface area contributed by atoms with Gasteiger partial charge in [0.2, 0.25) is 5.91 Å². The zero-order valence-electron chi connectivity index (χ0n) is 8.81. The average Bonchev–Trinajstić information content (AvgIpc) is 2.30. The fourth-order valence-electron chi connectivity index (χ4n) is 1.56. The molecule has 0 saturated carbocycles. The van der Waals surface area contributed by atoms with Crippen molar-refractivity contribution in [2.24, 2.45) is 5.73 Å². The van der Waals surface area contributed by atoms with E-state index in [0.29, 0.717) is 13.0 Å². The standard InChI is InChI=1S/C12H13N3O/c13-7-6-12(16)15-11-5-1-4-10-9(11)3-2-8-14-10/h1-5,8H,6-7,13H2,(H,15,16). The summed E-state index contributed by atoms with van der Waals surface area (Å²) in [5.41, 5.74) is 6.97. The van der Waals surface area contributed by atoms with Crippen LogP contribution < -0.4 is 11.1 Å². The van der Waals surface area contributed by atoms with E-state index in [1.54, 1.807) is 6.20 Å². The highest BCUT2D eigenvalue weighted by molar-refractivity contribution is 6.00. The SMILES string of the molecule is NCCC(=O)Nc1cccc2ncccc12. The highest BCUT2D eigenvalue weighted by atomic mass is 16.1. The summed E-state index contributed by atoms with van der Waals surface area (Å²) >= 11 is 0. The Hall–Kier alpha value is -1.94. The lowest BCUT2D eigenvalue weighted by atomic mass is 10.2. The van der Waals surface area contributed by atoms with Crippen LogP contribution in [0.3, 0.4) is 0 Å². The molecule has 4 heteroatoms. The van der Waals surface area contributed by atoms with E-state index in [2.05, 4.69) is 10.3 Å². The van der Waals surface area contributed by atoms with Crippen molar-refractivity contribution in [3.05, 3.63) is 36.5 Å². The van der Waals surface area contributed by atoms with Gasteiger partial charge in [0.1, 0.15) is 0 Å². The van der Waals surface area contributed by atoms with Crippen LogP contribution in [0.4, 0.5) is 5.69 Å². The van der Waals surface area contributed by atoms with Gasteiger partial charge in [-0.15, -0.1) is 0 Å². The molecule has 3 N–H and O–H groups in total. The van der Waals surface area contributed by atoms with E-state index < -0.39 is 0 Å². The maximum absolute atomic E-state index is 11.4. The van der Waals surface area contributed by atoms with Gasteiger partial charge < -0.3 is 11.1 Å². The summed E-state index contributed by atoms with van der Waals surface area (Å²) in [6, 6.07) is 9.42. The molecule has 0 saturated heterocycles. The Bertz CT molecular complexity index is 505. The molecule has 0 atom stereocenters. The molecule has 2 rings (SSSR count). The zero-order valence-corrected chi connectivity index (χ0v) is 8.81. The second kappa shape index (κ2) is 4.72. The van der Waals surface area contributed by atoms with Crippen LogP contribution >= 0.6 is 0 Å². The van der Waals surface area contributed by atoms with Crippen LogP contribution in [-0.2, 0) is 4.79 Å². The number of aromatic nitrogens is 1. The van der Waals surface area contributed by atoms with E-state index in [9.17, 15) is 4.79 Å². The summed E-state index contributed by atoms with van der Waals surface area (Å²) in [5, 5.41) is 3.77. The van der Waals surface area contributed by atoms with E-state index in [-0.39, 0.29) is 5.91 Å². The van der Waals surface area contributed by atoms with Crippen LogP contribution in [0.15, 0.2) is 36.5 Å². The Morgan fingerprint density at radius 3 is 3.00 bits per heavy atom. The lowest BCUT2D eigenvalue weighted by Crippen LogP contribution is -2.16. The Morgan fingerprint density at radius 2 is 2.19 bits per heavy atom. The van der Waals surface area contributed by atoms with E-state index in [0.717, 1.165) is 16.6 Å². The van der Waals surface area contributed by atoms with Gasteiger partial charge >= 0.3 is 0 Å². The third-order valence-corrected chi connectivity index (χ3v) is 2.29. The van der Waals surface area contributed by atoms with Gasteiger partial charge in [-0.05, 0) is 24.3 Å². The first-order valence-electron chi connectivity index (χ1n) is 5.15. The molecule has 0 unspecified atom stereocenters. The van der Waals surface area contributed by atoms with Crippen molar-refractivity contribution in [2.45, 2.75) is 6.42 Å². The quantitative estimate of drug-likeness (QED) is 0.815. The maximum atomic E-state index is 11.4. The van der Waals surface area contributed by atoms with E-state index in [1.165, 1.54) is 0 Å². The van der Waals surface area contributed by atoms with Gasteiger partial charge in [0.25, 0.3) is 0 Å². The molecule has 0 bridgehead atoms. The predicted molar refractivity (Wildman–Crippen MR) is 64.0 cm³/mol. The minimum Gasteiger partial charge on any atom is -0.330 e. The predicted octanol–water partition coefficient (Wildman–Crippen LogP) is 1.52. The number of rotatable bonds is 3. The number of pyridine rings is 1. The molecular weight excluding hydrogens is 202 g/mol. The van der Waals surface area contributed by atoms with Crippen molar-refractivity contribution in [1.82, 2.24) is 4.98 Å². The van der Waals surface area contributed by atoms with Crippen molar-refractivity contribution in [3.8, 4) is 0 Å². The third-order valence-electron chi connectivity index (χ3n) is 2.29. The van der Waals surface area contributed by atoms with Gasteiger partial charge in [0.05, 0.1) is 11.2 Å². The van der Waals surface area contributed by atoms with E-state index in [4.69, 9.17) is 5.73 Å². The van der Waals surface area contributed by atoms with Crippen LogP contribution in [-0.4, -0.2) is 17.4 Å². The number of nitrogens with zero attached hydrogens (tertiary/aromatic N) is 1. The first-order valence-corrected chi connectivity index (χ1v) is 5.15. The smallest absolute Gasteiger partial charge is 0.225 e. The van der Waals surface area contributed by atoms with Crippen LogP contribution in [0.1, 0.15) is 6.42 Å². The maximum Gasteiger partial charge on any atom is 0.225 e. The monoisotopic (exact) mass is 215 g/mol. The van der Waals surface area contributed by atoms with Crippen LogP contribution in [0.5, 0.6) is 0 Å². The molecule has 0 aliphatic carbocycles. The summed E-state index contributed by atoms with van der Waals surface area (Å²) in [6.07, 6.45) is 2.06. The molecule has 4 nitrogen and oxygen atoms in total. The fraction of sp³-hybridized carbons (Fsp3) is 0.167. The van der Waals surface area contributed by atoms with Crippen molar-refractivity contribution < 1.29 is 4.79 Å². The lowest BCUT2D eigenvalue weighted by Gasteiger charge is -2.07. The Kier molecular flexibility index (Phi) is 3.12. The molecule has 16 heavy (non-hydrogen) atoms. The molecule has 0 aliphatic heterocycles. The fourth-order valence-corrected chi connectivity index (χ4v) is 1.56. The van der Waals surface area contributed by atoms with Crippen molar-refractivity contribution in [2.75, 3.05) is 11.9 Å². The van der Waals surface area contributed by atoms with Crippen molar-refractivity contribution >= 4 is 22.5 Å². The number of hydrogen-bond acceptors (Lipinski definition) is 3. The number of hydrogen-bond donors (Lipinski definition) is 2. The summed E-state index contributed by atoms with van der Waals surface area (Å²) < 4.78 is 0. The van der Waals surface area contributed by atoms with E-state index in [1.807, 2.05) is 30.3 Å². The van der Waals surface area contributed by atoms with Gasteiger partial charge in [-0.25, -0.2) is 0 Å². The summed E-state index contributed by atoms with van der Waals surface area (Å²) in [4.78, 5) is 15.7. The molecule has 1 heterocycles. The van der Waals surface area contributed by atoms with Crippen molar-refractivity contribution in [3.63, 3.8) is 0 Å². The number of anilines is 1. The van der Waals surface area contributed by atoms with Crippen LogP contribution in [0, 0.1) is 0 Å². The van der Waals surface area contributed by atoms with Gasteiger partial charge in [0, 0.05) is 24.5 Å². The van der Waals surface area contributed by atoms with E-state index >= 15 is 0 Å². The Morgan fingerprint density at radius 1 is 1.31 bits per heavy atom. The topological polar surface area (TPSA) is 68.0 Å². The van der Waals surface area contributed by atoms with Gasteiger partial charge in [0.15, 0.2) is 0 Å². The molecule has 2 aromatic rings. The molecule has 0 aliphatic rings. The highest BCUT2D eigenvalue weighted by Crippen LogP contribution is 2.21. The summed E-state index contributed by atoms with van der Waals surface area (Å²) in [7, 11) is 0. The zero-order chi connectivity index (χ0) is 11.4. The number of benzene rings is 1. The molecule has 0 spiro atoms. The lowest BCUT2D eigenvalue weighted by molar-refractivity contribution is -0.116. The number of amides is 1. The Balaban J connectivity index is 2.33. The highest BCUT2D eigenvalue weighted by Gasteiger charge is 2.04. The first-order chi connectivity index (χ1) is 7.81. The van der Waals surface area contributed by atoms with Gasteiger partial charge in [-0.2, -0.15) is 0 Å². The average molecular weight is 215 g/mol. The van der Waals surface area contributed by atoms with Gasteiger partial charge in [-0.1, -0.05) is 6.07 Å². The second-order valence-corrected chi connectivity index (χ2v) is 3.46. The largest absolute Gasteiger partial charge is 0.330 e.